The zero-order chi connectivity index (χ0) is 13.3. The maximum absolute atomic E-state index is 12.5. The summed E-state index contributed by atoms with van der Waals surface area (Å²) in [6.45, 7) is 0. The molecular weight excluding hydrogens is 243 g/mol. The Morgan fingerprint density at radius 3 is 2.50 bits per heavy atom. The van der Waals surface area contributed by atoms with Crippen molar-refractivity contribution in [3.63, 3.8) is 0 Å². The molecule has 18 heavy (non-hydrogen) atoms. The molecule has 0 aliphatic rings. The largest absolute Gasteiger partial charge is 0.435 e. The van der Waals surface area contributed by atoms with Gasteiger partial charge in [0.2, 0.25) is 0 Å². The predicted octanol–water partition coefficient (Wildman–Crippen LogP) is 2.98. The van der Waals surface area contributed by atoms with Crippen LogP contribution in [0.2, 0.25) is 0 Å². The average molecular weight is 251 g/mol. The van der Waals surface area contributed by atoms with Crippen LogP contribution >= 0.6 is 0 Å². The molecule has 0 atom stereocenters. The summed E-state index contributed by atoms with van der Waals surface area (Å²) in [6.07, 6.45) is -4.49. The lowest BCUT2D eigenvalue weighted by Gasteiger charge is -2.03. The van der Waals surface area contributed by atoms with Crippen molar-refractivity contribution >= 4 is 0 Å². The smallest absolute Gasteiger partial charge is 0.267 e. The molecule has 0 fully saturated rings. The fourth-order valence-electron chi connectivity index (χ4n) is 1.66. The molecule has 0 saturated carbocycles. The molecule has 1 heterocycles. The van der Waals surface area contributed by atoms with Gasteiger partial charge in [-0.25, -0.2) is 0 Å². The van der Waals surface area contributed by atoms with Gasteiger partial charge in [-0.3, -0.25) is 4.68 Å². The van der Waals surface area contributed by atoms with Gasteiger partial charge in [-0.15, -0.1) is 0 Å². The van der Waals surface area contributed by atoms with Gasteiger partial charge in [0, 0.05) is 12.6 Å². The summed E-state index contributed by atoms with van der Waals surface area (Å²) in [7, 11) is 1.42. The van der Waals surface area contributed by atoms with E-state index in [1.165, 1.54) is 7.05 Å². The highest BCUT2D eigenvalue weighted by Gasteiger charge is 2.34. The molecule has 0 radical (unpaired) electrons. The highest BCUT2D eigenvalue weighted by molar-refractivity contribution is 5.67. The van der Waals surface area contributed by atoms with Crippen LogP contribution in [0.15, 0.2) is 30.3 Å². The minimum atomic E-state index is -4.49. The van der Waals surface area contributed by atoms with Gasteiger partial charge < -0.3 is 0 Å². The first-order valence-corrected chi connectivity index (χ1v) is 5.04. The van der Waals surface area contributed by atoms with Crippen LogP contribution in [0.5, 0.6) is 0 Å². The first-order chi connectivity index (χ1) is 8.43. The Labute approximate surface area is 101 Å². The molecule has 1 aromatic carbocycles. The van der Waals surface area contributed by atoms with E-state index in [4.69, 9.17) is 5.26 Å². The number of benzene rings is 1. The van der Waals surface area contributed by atoms with Gasteiger partial charge >= 0.3 is 6.18 Å². The molecule has 0 bridgehead atoms. The molecule has 2 aromatic rings. The minimum Gasteiger partial charge on any atom is -0.267 e. The summed E-state index contributed by atoms with van der Waals surface area (Å²) in [5, 5.41) is 12.4. The summed E-state index contributed by atoms with van der Waals surface area (Å²) in [4.78, 5) is 0. The number of hydrogen-bond donors (Lipinski definition) is 0. The standard InChI is InChI=1S/C12H8F3N3/c1-18-10(6-11(17-18)12(13,14)15)9-5-3-2-4-8(9)7-16/h2-6H,1H3. The second-order valence-electron chi connectivity index (χ2n) is 3.69. The summed E-state index contributed by atoms with van der Waals surface area (Å²) >= 11 is 0. The zero-order valence-corrected chi connectivity index (χ0v) is 9.36. The predicted molar refractivity (Wildman–Crippen MR) is 58.4 cm³/mol. The van der Waals surface area contributed by atoms with E-state index >= 15 is 0 Å². The van der Waals surface area contributed by atoms with Crippen molar-refractivity contribution in [2.75, 3.05) is 0 Å². The SMILES string of the molecule is Cn1nc(C(F)(F)F)cc1-c1ccccc1C#N. The van der Waals surface area contributed by atoms with Crippen LogP contribution in [-0.4, -0.2) is 9.78 Å². The highest BCUT2D eigenvalue weighted by atomic mass is 19.4. The Morgan fingerprint density at radius 1 is 1.28 bits per heavy atom. The van der Waals surface area contributed by atoms with Gasteiger partial charge in [-0.05, 0) is 12.1 Å². The summed E-state index contributed by atoms with van der Waals surface area (Å²) in [5.41, 5.74) is 0.0481. The average Bonchev–Trinajstić information content (AvgIpc) is 2.71. The van der Waals surface area contributed by atoms with E-state index < -0.39 is 11.9 Å². The van der Waals surface area contributed by atoms with Crippen molar-refractivity contribution in [3.05, 3.63) is 41.6 Å². The Bertz CT molecular complexity index is 620. The van der Waals surface area contributed by atoms with Crippen molar-refractivity contribution in [2.45, 2.75) is 6.18 Å². The van der Waals surface area contributed by atoms with E-state index in [-0.39, 0.29) is 5.69 Å². The Morgan fingerprint density at radius 2 is 1.94 bits per heavy atom. The van der Waals surface area contributed by atoms with Crippen molar-refractivity contribution < 1.29 is 13.2 Å². The van der Waals surface area contributed by atoms with Gasteiger partial charge in [0.05, 0.1) is 17.3 Å². The molecule has 0 aliphatic carbocycles. The van der Waals surface area contributed by atoms with Crippen LogP contribution in [0.3, 0.4) is 0 Å². The molecule has 6 heteroatoms. The van der Waals surface area contributed by atoms with Crippen molar-refractivity contribution in [3.8, 4) is 17.3 Å². The maximum Gasteiger partial charge on any atom is 0.435 e. The van der Waals surface area contributed by atoms with Crippen molar-refractivity contribution in [2.24, 2.45) is 7.05 Å². The molecule has 0 unspecified atom stereocenters. The fourth-order valence-corrected chi connectivity index (χ4v) is 1.66. The van der Waals surface area contributed by atoms with Crippen LogP contribution in [0, 0.1) is 11.3 Å². The summed E-state index contributed by atoms with van der Waals surface area (Å²) < 4.78 is 38.7. The normalized spacial score (nSPS) is 11.3. The first kappa shape index (κ1) is 12.2. The van der Waals surface area contributed by atoms with Gasteiger partial charge in [0.15, 0.2) is 5.69 Å². The number of nitrogens with zero attached hydrogens (tertiary/aromatic N) is 3. The highest BCUT2D eigenvalue weighted by Crippen LogP contribution is 2.32. The topological polar surface area (TPSA) is 41.6 Å². The van der Waals surface area contributed by atoms with Crippen LogP contribution in [0.1, 0.15) is 11.3 Å². The van der Waals surface area contributed by atoms with Crippen molar-refractivity contribution in [1.82, 2.24) is 9.78 Å². The van der Waals surface area contributed by atoms with Gasteiger partial charge in [0.1, 0.15) is 0 Å². The van der Waals surface area contributed by atoms with E-state index in [0.29, 0.717) is 11.1 Å². The number of rotatable bonds is 1. The summed E-state index contributed by atoms with van der Waals surface area (Å²) in [5.74, 6) is 0. The van der Waals surface area contributed by atoms with E-state index in [1.54, 1.807) is 24.3 Å². The lowest BCUT2D eigenvalue weighted by atomic mass is 10.1. The molecule has 1 aromatic heterocycles. The third kappa shape index (κ3) is 2.07. The Balaban J connectivity index is 2.59. The van der Waals surface area contributed by atoms with E-state index in [1.807, 2.05) is 6.07 Å². The van der Waals surface area contributed by atoms with Crippen LogP contribution in [0.4, 0.5) is 13.2 Å². The van der Waals surface area contributed by atoms with Gasteiger partial charge in [-0.1, -0.05) is 18.2 Å². The van der Waals surface area contributed by atoms with Crippen molar-refractivity contribution in [1.29, 1.82) is 5.26 Å². The quantitative estimate of drug-likeness (QED) is 0.781. The van der Waals surface area contributed by atoms with Crippen LogP contribution < -0.4 is 0 Å². The molecule has 3 nitrogen and oxygen atoms in total. The molecular formula is C12H8F3N3. The Kier molecular flexibility index (Phi) is 2.83. The number of halogens is 3. The third-order valence-corrected chi connectivity index (χ3v) is 2.49. The van der Waals surface area contributed by atoms with E-state index in [0.717, 1.165) is 10.7 Å². The first-order valence-electron chi connectivity index (χ1n) is 5.04. The molecule has 0 spiro atoms. The number of alkyl halides is 3. The lowest BCUT2D eigenvalue weighted by Crippen LogP contribution is -2.06. The minimum absolute atomic E-state index is 0.263. The molecule has 0 aliphatic heterocycles. The molecule has 2 rings (SSSR count). The van der Waals surface area contributed by atoms with E-state index in [2.05, 4.69) is 5.10 Å². The zero-order valence-electron chi connectivity index (χ0n) is 9.36. The molecule has 92 valence electrons. The number of aryl methyl sites for hydroxylation is 1. The Hall–Kier alpha value is -2.29. The second kappa shape index (κ2) is 4.18. The number of hydrogen-bond acceptors (Lipinski definition) is 2. The van der Waals surface area contributed by atoms with E-state index in [9.17, 15) is 13.2 Å². The third-order valence-electron chi connectivity index (χ3n) is 2.49. The number of aromatic nitrogens is 2. The molecule has 0 amide bonds. The monoisotopic (exact) mass is 251 g/mol. The number of nitriles is 1. The molecule has 0 N–H and O–H groups in total. The van der Waals surface area contributed by atoms with Crippen LogP contribution in [0.25, 0.3) is 11.3 Å². The fraction of sp³-hybridized carbons (Fsp3) is 0.167. The van der Waals surface area contributed by atoms with Gasteiger partial charge in [0.25, 0.3) is 0 Å². The van der Waals surface area contributed by atoms with Crippen LogP contribution in [-0.2, 0) is 13.2 Å². The summed E-state index contributed by atoms with van der Waals surface area (Å²) in [6, 6.07) is 9.35. The molecule has 0 saturated heterocycles. The van der Waals surface area contributed by atoms with Gasteiger partial charge in [-0.2, -0.15) is 23.5 Å². The second-order valence-corrected chi connectivity index (χ2v) is 3.69. The lowest BCUT2D eigenvalue weighted by molar-refractivity contribution is -0.141. The maximum atomic E-state index is 12.5.